The maximum Gasteiger partial charge on any atom is 0.0992 e. The molecule has 1 aromatic heterocycles. The lowest BCUT2D eigenvalue weighted by Crippen LogP contribution is -2.22. The monoisotopic (exact) mass is 377 g/mol. The highest BCUT2D eigenvalue weighted by Crippen LogP contribution is 2.36. The van der Waals surface area contributed by atoms with Gasteiger partial charge in [0.05, 0.1) is 8.67 Å². The molecule has 0 aliphatic rings. The summed E-state index contributed by atoms with van der Waals surface area (Å²) in [5, 5.41) is 3.47. The first-order chi connectivity index (χ1) is 9.10. The summed E-state index contributed by atoms with van der Waals surface area (Å²) in [6.07, 6.45) is 0.889. The van der Waals surface area contributed by atoms with E-state index in [0.717, 1.165) is 31.7 Å². The SMILES string of the molecule is CCNC(Cc1cccc(Br)c1)c1cc(Cl)sc1Cl. The van der Waals surface area contributed by atoms with Gasteiger partial charge in [-0.1, -0.05) is 58.2 Å². The summed E-state index contributed by atoms with van der Waals surface area (Å²) in [6, 6.07) is 10.5. The van der Waals surface area contributed by atoms with Crippen LogP contribution in [0.1, 0.15) is 24.1 Å². The minimum Gasteiger partial charge on any atom is -0.310 e. The summed E-state index contributed by atoms with van der Waals surface area (Å²) in [5.74, 6) is 0. The van der Waals surface area contributed by atoms with Crippen LogP contribution in [0.5, 0.6) is 0 Å². The number of hydrogen-bond acceptors (Lipinski definition) is 2. The first-order valence-electron chi connectivity index (χ1n) is 6.02. The van der Waals surface area contributed by atoms with Crippen LogP contribution in [0, 0.1) is 0 Å². The van der Waals surface area contributed by atoms with Gasteiger partial charge in [0.2, 0.25) is 0 Å². The second-order valence-electron chi connectivity index (χ2n) is 4.22. The highest BCUT2D eigenvalue weighted by molar-refractivity contribution is 9.10. The van der Waals surface area contributed by atoms with Crippen molar-refractivity contribution in [2.24, 2.45) is 0 Å². The first kappa shape index (κ1) is 15.3. The largest absolute Gasteiger partial charge is 0.310 e. The topological polar surface area (TPSA) is 12.0 Å². The lowest BCUT2D eigenvalue weighted by Gasteiger charge is -2.17. The van der Waals surface area contributed by atoms with E-state index in [4.69, 9.17) is 23.2 Å². The lowest BCUT2D eigenvalue weighted by molar-refractivity contribution is 0.551. The number of nitrogens with one attached hydrogen (secondary N) is 1. The van der Waals surface area contributed by atoms with Crippen LogP contribution < -0.4 is 5.32 Å². The summed E-state index contributed by atoms with van der Waals surface area (Å²) in [6.45, 7) is 2.98. The van der Waals surface area contributed by atoms with Gasteiger partial charge in [-0.15, -0.1) is 11.3 Å². The molecule has 0 spiro atoms. The average Bonchev–Trinajstić information content (AvgIpc) is 2.68. The van der Waals surface area contributed by atoms with Crippen molar-refractivity contribution in [3.8, 4) is 0 Å². The summed E-state index contributed by atoms with van der Waals surface area (Å²) < 4.78 is 2.60. The fourth-order valence-electron chi connectivity index (χ4n) is 2.03. The Kier molecular flexibility index (Phi) is 5.72. The van der Waals surface area contributed by atoms with Gasteiger partial charge in [-0.25, -0.2) is 0 Å². The summed E-state index contributed by atoms with van der Waals surface area (Å²) in [5.41, 5.74) is 2.34. The molecule has 1 N–H and O–H groups in total. The van der Waals surface area contributed by atoms with Crippen molar-refractivity contribution in [1.29, 1.82) is 0 Å². The van der Waals surface area contributed by atoms with Gasteiger partial charge in [-0.3, -0.25) is 0 Å². The van der Waals surface area contributed by atoms with Crippen molar-refractivity contribution in [2.75, 3.05) is 6.54 Å². The Bertz CT molecular complexity index is 556. The molecule has 1 nitrogen and oxygen atoms in total. The second kappa shape index (κ2) is 7.09. The Morgan fingerprint density at radius 1 is 1.32 bits per heavy atom. The third kappa shape index (κ3) is 4.20. The van der Waals surface area contributed by atoms with Crippen molar-refractivity contribution >= 4 is 50.5 Å². The number of halogens is 3. The summed E-state index contributed by atoms with van der Waals surface area (Å²) >= 11 is 17.2. The van der Waals surface area contributed by atoms with Crippen molar-refractivity contribution in [3.63, 3.8) is 0 Å². The molecule has 0 aliphatic carbocycles. The van der Waals surface area contributed by atoms with Gasteiger partial charge in [0.25, 0.3) is 0 Å². The number of rotatable bonds is 5. The van der Waals surface area contributed by atoms with E-state index in [1.165, 1.54) is 16.9 Å². The lowest BCUT2D eigenvalue weighted by atomic mass is 10.0. The molecule has 1 atom stereocenters. The van der Waals surface area contributed by atoms with Crippen LogP contribution in [0.25, 0.3) is 0 Å². The minimum atomic E-state index is 0.190. The maximum atomic E-state index is 6.26. The van der Waals surface area contributed by atoms with E-state index in [0.29, 0.717) is 0 Å². The average molecular weight is 379 g/mol. The Hall–Kier alpha value is -0.0600. The van der Waals surface area contributed by atoms with E-state index in [1.807, 2.05) is 18.2 Å². The van der Waals surface area contributed by atoms with Gasteiger partial charge in [0.1, 0.15) is 0 Å². The summed E-state index contributed by atoms with van der Waals surface area (Å²) in [7, 11) is 0. The Morgan fingerprint density at radius 2 is 2.11 bits per heavy atom. The fraction of sp³-hybridized carbons (Fsp3) is 0.286. The van der Waals surface area contributed by atoms with E-state index in [-0.39, 0.29) is 6.04 Å². The van der Waals surface area contributed by atoms with E-state index in [1.54, 1.807) is 0 Å². The molecule has 0 radical (unpaired) electrons. The van der Waals surface area contributed by atoms with Crippen LogP contribution in [0.3, 0.4) is 0 Å². The molecule has 0 amide bonds. The standard InChI is InChI=1S/C14H14BrCl2NS/c1-2-18-12(11-8-13(16)19-14(11)17)7-9-4-3-5-10(15)6-9/h3-6,8,12,18H,2,7H2,1H3. The van der Waals surface area contributed by atoms with Crippen molar-refractivity contribution in [3.05, 3.63) is 54.6 Å². The normalized spacial score (nSPS) is 12.6. The van der Waals surface area contributed by atoms with E-state index in [9.17, 15) is 0 Å². The zero-order valence-electron chi connectivity index (χ0n) is 10.4. The molecule has 1 aromatic carbocycles. The highest BCUT2D eigenvalue weighted by Gasteiger charge is 2.17. The predicted octanol–water partition coefficient (Wildman–Crippen LogP) is 5.71. The van der Waals surface area contributed by atoms with Crippen molar-refractivity contribution in [2.45, 2.75) is 19.4 Å². The van der Waals surface area contributed by atoms with Gasteiger partial charge < -0.3 is 5.32 Å². The molecule has 0 bridgehead atoms. The van der Waals surface area contributed by atoms with Crippen LogP contribution in [0.2, 0.25) is 8.67 Å². The molecular weight excluding hydrogens is 365 g/mol. The maximum absolute atomic E-state index is 6.26. The molecule has 2 rings (SSSR count). The van der Waals surface area contributed by atoms with Crippen molar-refractivity contribution < 1.29 is 0 Å². The first-order valence-corrected chi connectivity index (χ1v) is 8.39. The van der Waals surface area contributed by atoms with Crippen LogP contribution in [-0.4, -0.2) is 6.54 Å². The Morgan fingerprint density at radius 3 is 2.68 bits per heavy atom. The van der Waals surface area contributed by atoms with Gasteiger partial charge in [0.15, 0.2) is 0 Å². The number of benzene rings is 1. The molecule has 0 aliphatic heterocycles. The smallest absolute Gasteiger partial charge is 0.0992 e. The highest BCUT2D eigenvalue weighted by atomic mass is 79.9. The molecule has 1 unspecified atom stereocenters. The molecule has 0 saturated carbocycles. The Labute approximate surface area is 136 Å². The van der Waals surface area contributed by atoms with Crippen LogP contribution in [0.4, 0.5) is 0 Å². The zero-order valence-corrected chi connectivity index (χ0v) is 14.3. The minimum absolute atomic E-state index is 0.190. The van der Waals surface area contributed by atoms with Crippen molar-refractivity contribution in [1.82, 2.24) is 5.32 Å². The zero-order chi connectivity index (χ0) is 13.8. The molecule has 19 heavy (non-hydrogen) atoms. The number of likely N-dealkylation sites (N-methyl/N-ethyl adjacent to an activating group) is 1. The van der Waals surface area contributed by atoms with E-state index >= 15 is 0 Å². The van der Waals surface area contributed by atoms with Gasteiger partial charge >= 0.3 is 0 Å². The van der Waals surface area contributed by atoms with Gasteiger partial charge in [0, 0.05) is 16.1 Å². The van der Waals surface area contributed by atoms with E-state index in [2.05, 4.69) is 40.3 Å². The molecule has 2 aromatic rings. The van der Waals surface area contributed by atoms with E-state index < -0.39 is 0 Å². The molecule has 0 fully saturated rings. The molecule has 102 valence electrons. The molecule has 0 saturated heterocycles. The summed E-state index contributed by atoms with van der Waals surface area (Å²) in [4.78, 5) is 0. The number of thiophene rings is 1. The predicted molar refractivity (Wildman–Crippen MR) is 88.6 cm³/mol. The van der Waals surface area contributed by atoms with Gasteiger partial charge in [-0.05, 0) is 36.7 Å². The van der Waals surface area contributed by atoms with Crippen LogP contribution in [0.15, 0.2) is 34.8 Å². The fourth-order valence-corrected chi connectivity index (χ4v) is 4.05. The quantitative estimate of drug-likeness (QED) is 0.702. The third-order valence-corrected chi connectivity index (χ3v) is 4.85. The Balaban J connectivity index is 2.23. The van der Waals surface area contributed by atoms with Gasteiger partial charge in [-0.2, -0.15) is 0 Å². The number of hydrogen-bond donors (Lipinski definition) is 1. The molecule has 5 heteroatoms. The van der Waals surface area contributed by atoms with Crippen LogP contribution >= 0.6 is 50.5 Å². The van der Waals surface area contributed by atoms with Crippen LogP contribution in [-0.2, 0) is 6.42 Å². The molecular formula is C14H14BrCl2NS. The second-order valence-corrected chi connectivity index (χ2v) is 7.43. The third-order valence-electron chi connectivity index (χ3n) is 2.84. The molecule has 1 heterocycles.